The van der Waals surface area contributed by atoms with E-state index in [1.165, 1.54) is 0 Å². The maximum Gasteiger partial charge on any atom is 0.309 e. The van der Waals surface area contributed by atoms with Crippen molar-refractivity contribution in [3.8, 4) is 0 Å². The predicted molar refractivity (Wildman–Crippen MR) is 162 cm³/mol. The lowest BCUT2D eigenvalue weighted by molar-refractivity contribution is -0.150. The van der Waals surface area contributed by atoms with Gasteiger partial charge in [0.2, 0.25) is 11.8 Å². The summed E-state index contributed by atoms with van der Waals surface area (Å²) < 4.78 is 5.81. The van der Waals surface area contributed by atoms with Crippen molar-refractivity contribution in [2.45, 2.75) is 50.6 Å². The Morgan fingerprint density at radius 1 is 0.881 bits per heavy atom. The Kier molecular flexibility index (Phi) is 11.9. The van der Waals surface area contributed by atoms with Crippen LogP contribution >= 0.6 is 0 Å². The molecular formula is C35H40N2O5. The molecule has 220 valence electrons. The number of cyclic esters (lactones) is 1. The van der Waals surface area contributed by atoms with Gasteiger partial charge < -0.3 is 20.5 Å². The van der Waals surface area contributed by atoms with Crippen molar-refractivity contribution in [2.75, 3.05) is 13.2 Å². The number of esters is 1. The molecule has 1 heterocycles. The maximum atomic E-state index is 13.6. The summed E-state index contributed by atoms with van der Waals surface area (Å²) in [5.41, 5.74) is 2.89. The van der Waals surface area contributed by atoms with Gasteiger partial charge in [0.25, 0.3) is 0 Å². The molecule has 0 saturated carbocycles. The zero-order chi connectivity index (χ0) is 29.6. The molecule has 1 aliphatic heterocycles. The molecule has 4 atom stereocenters. The summed E-state index contributed by atoms with van der Waals surface area (Å²) in [7, 11) is 0. The fourth-order valence-electron chi connectivity index (χ4n) is 5.21. The van der Waals surface area contributed by atoms with Gasteiger partial charge in [-0.1, -0.05) is 103 Å². The fraction of sp³-hybridized carbons (Fsp3) is 0.343. The van der Waals surface area contributed by atoms with Crippen molar-refractivity contribution in [1.82, 2.24) is 10.6 Å². The number of allylic oxidation sites excluding steroid dienone is 2. The molecule has 0 bridgehead atoms. The number of carbonyl (C=O) groups excluding carboxylic acids is 3. The molecule has 7 heteroatoms. The zero-order valence-electron chi connectivity index (χ0n) is 23.9. The number of hydrogen-bond acceptors (Lipinski definition) is 5. The van der Waals surface area contributed by atoms with E-state index < -0.39 is 18.0 Å². The molecule has 0 spiro atoms. The zero-order valence-corrected chi connectivity index (χ0v) is 23.9. The first kappa shape index (κ1) is 30.7. The number of aliphatic hydroxyl groups is 1. The third kappa shape index (κ3) is 9.70. The van der Waals surface area contributed by atoms with E-state index in [0.717, 1.165) is 16.7 Å². The predicted octanol–water partition coefficient (Wildman–Crippen LogP) is 4.71. The molecule has 1 aliphatic rings. The standard InChI is InChI=1S/C35H40N2O5/c38-24-31(22-27-15-7-2-8-16-27)36-33(39)23-29-19-11-4-12-20-30(21-26-13-5-1-6-14-26)35(41)42-25-32(37-34(29)40)28-17-9-3-10-18-28/h1-11,13-18,29-32,38H,12,19-25H2,(H,36,39)(H,37,40). The van der Waals surface area contributed by atoms with Gasteiger partial charge in [0.15, 0.2) is 0 Å². The molecule has 0 saturated heterocycles. The summed E-state index contributed by atoms with van der Waals surface area (Å²) in [6, 6.07) is 27.9. The Morgan fingerprint density at radius 2 is 1.52 bits per heavy atom. The van der Waals surface area contributed by atoms with E-state index in [-0.39, 0.29) is 43.3 Å². The van der Waals surface area contributed by atoms with Crippen molar-refractivity contribution in [1.29, 1.82) is 0 Å². The van der Waals surface area contributed by atoms with Gasteiger partial charge >= 0.3 is 5.97 Å². The third-order valence-corrected chi connectivity index (χ3v) is 7.55. The average molecular weight is 569 g/mol. The smallest absolute Gasteiger partial charge is 0.309 e. The minimum absolute atomic E-state index is 0.00408. The molecule has 3 aromatic carbocycles. The van der Waals surface area contributed by atoms with Crippen LogP contribution in [0.4, 0.5) is 0 Å². The van der Waals surface area contributed by atoms with Gasteiger partial charge in [0, 0.05) is 6.42 Å². The molecule has 4 unspecified atom stereocenters. The number of ether oxygens (including phenoxy) is 1. The molecular weight excluding hydrogens is 528 g/mol. The maximum absolute atomic E-state index is 13.6. The number of benzene rings is 3. The Balaban J connectivity index is 1.48. The van der Waals surface area contributed by atoms with Crippen LogP contribution in [-0.2, 0) is 32.0 Å². The lowest BCUT2D eigenvalue weighted by atomic mass is 9.94. The summed E-state index contributed by atoms with van der Waals surface area (Å²) in [5.74, 6) is -1.81. The highest BCUT2D eigenvalue weighted by Gasteiger charge is 2.28. The Morgan fingerprint density at radius 3 is 2.19 bits per heavy atom. The highest BCUT2D eigenvalue weighted by atomic mass is 16.5. The van der Waals surface area contributed by atoms with Crippen LogP contribution in [0.25, 0.3) is 0 Å². The number of amides is 2. The highest BCUT2D eigenvalue weighted by molar-refractivity contribution is 5.86. The van der Waals surface area contributed by atoms with E-state index in [4.69, 9.17) is 4.74 Å². The van der Waals surface area contributed by atoms with Gasteiger partial charge in [-0.05, 0) is 48.8 Å². The highest BCUT2D eigenvalue weighted by Crippen LogP contribution is 2.22. The van der Waals surface area contributed by atoms with Gasteiger partial charge in [0.1, 0.15) is 6.61 Å². The quantitative estimate of drug-likeness (QED) is 0.256. The molecule has 2 amide bonds. The van der Waals surface area contributed by atoms with E-state index in [1.54, 1.807) is 0 Å². The largest absolute Gasteiger partial charge is 0.463 e. The van der Waals surface area contributed by atoms with Gasteiger partial charge in [-0.25, -0.2) is 0 Å². The van der Waals surface area contributed by atoms with Crippen LogP contribution in [0.3, 0.4) is 0 Å². The molecule has 3 aromatic rings. The van der Waals surface area contributed by atoms with E-state index in [0.29, 0.717) is 32.1 Å². The molecule has 42 heavy (non-hydrogen) atoms. The van der Waals surface area contributed by atoms with Crippen LogP contribution in [0.15, 0.2) is 103 Å². The number of hydrogen-bond donors (Lipinski definition) is 3. The van der Waals surface area contributed by atoms with Crippen molar-refractivity contribution in [2.24, 2.45) is 11.8 Å². The molecule has 4 rings (SSSR count). The number of carbonyl (C=O) groups is 3. The molecule has 3 N–H and O–H groups in total. The van der Waals surface area contributed by atoms with Crippen LogP contribution in [0.1, 0.15) is 48.4 Å². The van der Waals surface area contributed by atoms with Crippen LogP contribution in [0.2, 0.25) is 0 Å². The van der Waals surface area contributed by atoms with E-state index in [1.807, 2.05) is 103 Å². The second kappa shape index (κ2) is 16.3. The summed E-state index contributed by atoms with van der Waals surface area (Å²) in [6.07, 6.45) is 6.58. The van der Waals surface area contributed by atoms with Crippen LogP contribution in [0.5, 0.6) is 0 Å². The van der Waals surface area contributed by atoms with E-state index in [9.17, 15) is 19.5 Å². The summed E-state index contributed by atoms with van der Waals surface area (Å²) >= 11 is 0. The monoisotopic (exact) mass is 568 g/mol. The number of rotatable bonds is 9. The number of nitrogens with one attached hydrogen (secondary N) is 2. The Labute approximate surface area is 248 Å². The van der Waals surface area contributed by atoms with E-state index in [2.05, 4.69) is 10.6 Å². The SMILES string of the molecule is O=C(CC1CC=CCCC(Cc2ccccc2)C(=O)OCC(c2ccccc2)NC1=O)NC(CO)Cc1ccccc1. The van der Waals surface area contributed by atoms with Gasteiger partial charge in [-0.2, -0.15) is 0 Å². The first-order chi connectivity index (χ1) is 20.5. The van der Waals surface area contributed by atoms with Crippen LogP contribution < -0.4 is 10.6 Å². The van der Waals surface area contributed by atoms with Crippen LogP contribution in [-0.4, -0.2) is 42.1 Å². The molecule has 0 radical (unpaired) electrons. The van der Waals surface area contributed by atoms with E-state index >= 15 is 0 Å². The normalized spacial score (nSPS) is 20.6. The van der Waals surface area contributed by atoms with Gasteiger partial charge in [0.05, 0.1) is 30.5 Å². The van der Waals surface area contributed by atoms with Gasteiger partial charge in [-0.3, -0.25) is 14.4 Å². The second-order valence-electron chi connectivity index (χ2n) is 10.8. The molecule has 0 fully saturated rings. The lowest BCUT2D eigenvalue weighted by Gasteiger charge is -2.24. The van der Waals surface area contributed by atoms with Crippen molar-refractivity contribution < 1.29 is 24.2 Å². The Bertz CT molecular complexity index is 1300. The summed E-state index contributed by atoms with van der Waals surface area (Å²) in [5, 5.41) is 15.8. The first-order valence-corrected chi connectivity index (χ1v) is 14.7. The summed E-state index contributed by atoms with van der Waals surface area (Å²) in [4.78, 5) is 39.8. The minimum Gasteiger partial charge on any atom is -0.463 e. The van der Waals surface area contributed by atoms with Crippen molar-refractivity contribution >= 4 is 17.8 Å². The lowest BCUT2D eigenvalue weighted by Crippen LogP contribution is -2.42. The fourth-order valence-corrected chi connectivity index (χ4v) is 5.21. The van der Waals surface area contributed by atoms with Crippen molar-refractivity contribution in [3.05, 3.63) is 120 Å². The first-order valence-electron chi connectivity index (χ1n) is 14.7. The minimum atomic E-state index is -0.625. The molecule has 0 aliphatic carbocycles. The third-order valence-electron chi connectivity index (χ3n) is 7.55. The van der Waals surface area contributed by atoms with Crippen molar-refractivity contribution in [3.63, 3.8) is 0 Å². The summed E-state index contributed by atoms with van der Waals surface area (Å²) in [6.45, 7) is -0.209. The Hall–Kier alpha value is -4.23. The number of aliphatic hydroxyl groups excluding tert-OH is 1. The van der Waals surface area contributed by atoms with Crippen LogP contribution in [0, 0.1) is 11.8 Å². The molecule has 0 aromatic heterocycles. The average Bonchev–Trinajstić information content (AvgIpc) is 3.03. The second-order valence-corrected chi connectivity index (χ2v) is 10.8. The molecule has 7 nitrogen and oxygen atoms in total. The topological polar surface area (TPSA) is 105 Å². The van der Waals surface area contributed by atoms with Gasteiger partial charge in [-0.15, -0.1) is 0 Å².